The first-order valence-electron chi connectivity index (χ1n) is 4.15. The second-order valence-electron chi connectivity index (χ2n) is 2.98. The Kier molecular flexibility index (Phi) is 2.28. The number of aryl methyl sites for hydroxylation is 1. The van der Waals surface area contributed by atoms with E-state index in [0.29, 0.717) is 0 Å². The van der Waals surface area contributed by atoms with Crippen LogP contribution < -0.4 is 0 Å². The lowest BCUT2D eigenvalue weighted by Gasteiger charge is -2.06. The molecule has 0 nitrogen and oxygen atoms in total. The highest BCUT2D eigenvalue weighted by Crippen LogP contribution is 2.38. The largest absolute Gasteiger partial charge is 0.133 e. The first-order chi connectivity index (χ1) is 5.83. The quantitative estimate of drug-likeness (QED) is 0.617. The zero-order chi connectivity index (χ0) is 8.55. The second-order valence-corrected chi connectivity index (χ2v) is 5.28. The van der Waals surface area contributed by atoms with Gasteiger partial charge in [-0.3, -0.25) is 0 Å². The van der Waals surface area contributed by atoms with Gasteiger partial charge in [-0.05, 0) is 31.6 Å². The van der Waals surface area contributed by atoms with E-state index < -0.39 is 0 Å². The van der Waals surface area contributed by atoms with Crippen LogP contribution in [0.2, 0.25) is 0 Å². The fourth-order valence-corrected chi connectivity index (χ4v) is 3.66. The molecule has 64 valence electrons. The smallest absolute Gasteiger partial charge is 0.0674 e. The first kappa shape index (κ1) is 8.39. The summed E-state index contributed by atoms with van der Waals surface area (Å²) in [6.45, 7) is 2.24. The Bertz CT molecular complexity index is 321. The molecule has 0 atom stereocenters. The normalized spacial score (nSPS) is 14.8. The molecule has 0 radical (unpaired) electrons. The molecule has 1 aliphatic carbocycles. The molecule has 0 aromatic carbocycles. The van der Waals surface area contributed by atoms with E-state index in [2.05, 4.69) is 25.3 Å². The topological polar surface area (TPSA) is 0 Å². The Labute approximate surface area is 81.7 Å². The lowest BCUT2D eigenvalue weighted by Crippen LogP contribution is -1.91. The van der Waals surface area contributed by atoms with Crippen LogP contribution in [-0.4, -0.2) is 6.26 Å². The van der Waals surface area contributed by atoms with Gasteiger partial charge in [-0.15, -0.1) is 23.1 Å². The van der Waals surface area contributed by atoms with E-state index in [9.17, 15) is 0 Å². The van der Waals surface area contributed by atoms with E-state index in [1.807, 2.05) is 23.1 Å². The highest BCUT2D eigenvalue weighted by atomic mass is 32.2. The molecule has 0 spiro atoms. The zero-order valence-electron chi connectivity index (χ0n) is 7.39. The van der Waals surface area contributed by atoms with Gasteiger partial charge in [-0.2, -0.15) is 0 Å². The van der Waals surface area contributed by atoms with Crippen molar-refractivity contribution in [3.8, 4) is 0 Å². The minimum Gasteiger partial charge on any atom is -0.133 e. The van der Waals surface area contributed by atoms with Gasteiger partial charge in [0.05, 0.1) is 4.21 Å². The SMILES string of the molecule is CSc1sc(C)c2c1C=CCC2. The lowest BCUT2D eigenvalue weighted by molar-refractivity contribution is 0.979. The van der Waals surface area contributed by atoms with E-state index in [1.54, 1.807) is 5.56 Å². The molecule has 0 fully saturated rings. The van der Waals surface area contributed by atoms with Crippen LogP contribution >= 0.6 is 23.1 Å². The number of rotatable bonds is 1. The molecule has 0 bridgehead atoms. The summed E-state index contributed by atoms with van der Waals surface area (Å²) in [5.74, 6) is 0. The highest BCUT2D eigenvalue weighted by Gasteiger charge is 2.14. The van der Waals surface area contributed by atoms with Crippen LogP contribution in [-0.2, 0) is 6.42 Å². The molecule has 1 heterocycles. The van der Waals surface area contributed by atoms with Crippen LogP contribution in [0.4, 0.5) is 0 Å². The van der Waals surface area contributed by atoms with E-state index in [1.165, 1.54) is 27.5 Å². The number of hydrogen-bond acceptors (Lipinski definition) is 2. The maximum Gasteiger partial charge on any atom is 0.0674 e. The third kappa shape index (κ3) is 1.23. The summed E-state index contributed by atoms with van der Waals surface area (Å²) in [7, 11) is 0. The standard InChI is InChI=1S/C10H12S2/c1-7-8-5-3-4-6-9(8)10(11-2)12-7/h4,6H,3,5H2,1-2H3. The summed E-state index contributed by atoms with van der Waals surface area (Å²) in [6, 6.07) is 0. The Morgan fingerprint density at radius 1 is 1.50 bits per heavy atom. The van der Waals surface area contributed by atoms with Gasteiger partial charge in [-0.1, -0.05) is 12.2 Å². The third-order valence-corrected chi connectivity index (χ3v) is 4.55. The number of thioether (sulfide) groups is 1. The average Bonchev–Trinajstić information content (AvgIpc) is 2.44. The Hall–Kier alpha value is -0.210. The van der Waals surface area contributed by atoms with Crippen LogP contribution in [0.3, 0.4) is 0 Å². The Morgan fingerprint density at radius 2 is 2.33 bits per heavy atom. The predicted molar refractivity (Wildman–Crippen MR) is 58.2 cm³/mol. The molecule has 2 heteroatoms. The molecule has 2 rings (SSSR count). The molecule has 0 amide bonds. The van der Waals surface area contributed by atoms with Crippen molar-refractivity contribution in [3.05, 3.63) is 22.1 Å². The van der Waals surface area contributed by atoms with Gasteiger partial charge >= 0.3 is 0 Å². The molecular formula is C10H12S2. The summed E-state index contributed by atoms with van der Waals surface area (Å²) < 4.78 is 1.48. The first-order valence-corrected chi connectivity index (χ1v) is 6.20. The fraction of sp³-hybridized carbons (Fsp3) is 0.400. The van der Waals surface area contributed by atoms with Gasteiger partial charge in [0.15, 0.2) is 0 Å². The second kappa shape index (κ2) is 3.27. The molecule has 1 aromatic heterocycles. The average molecular weight is 196 g/mol. The van der Waals surface area contributed by atoms with Crippen molar-refractivity contribution in [1.82, 2.24) is 0 Å². The van der Waals surface area contributed by atoms with Gasteiger partial charge in [0.25, 0.3) is 0 Å². The lowest BCUT2D eigenvalue weighted by atomic mass is 10.0. The van der Waals surface area contributed by atoms with Gasteiger partial charge in [0.2, 0.25) is 0 Å². The van der Waals surface area contributed by atoms with E-state index in [4.69, 9.17) is 0 Å². The molecule has 0 aliphatic heterocycles. The van der Waals surface area contributed by atoms with Crippen molar-refractivity contribution in [1.29, 1.82) is 0 Å². The maximum atomic E-state index is 2.29. The minimum atomic E-state index is 1.22. The van der Waals surface area contributed by atoms with Crippen LogP contribution in [0.15, 0.2) is 10.3 Å². The minimum absolute atomic E-state index is 1.22. The molecule has 0 unspecified atom stereocenters. The molecule has 1 aliphatic rings. The van der Waals surface area contributed by atoms with Crippen molar-refractivity contribution in [2.45, 2.75) is 24.0 Å². The molecule has 0 saturated heterocycles. The number of thiophene rings is 1. The molecule has 1 aromatic rings. The number of hydrogen-bond donors (Lipinski definition) is 0. The van der Waals surface area contributed by atoms with Crippen LogP contribution in [0, 0.1) is 6.92 Å². The summed E-state index contributed by atoms with van der Waals surface area (Å²) in [6.07, 6.45) is 9.20. The van der Waals surface area contributed by atoms with E-state index >= 15 is 0 Å². The monoisotopic (exact) mass is 196 g/mol. The third-order valence-electron chi connectivity index (χ3n) is 2.25. The maximum absolute atomic E-state index is 2.29. The molecule has 0 N–H and O–H groups in total. The molecular weight excluding hydrogens is 184 g/mol. The van der Waals surface area contributed by atoms with Gasteiger partial charge in [0.1, 0.15) is 0 Å². The van der Waals surface area contributed by atoms with Crippen LogP contribution in [0.5, 0.6) is 0 Å². The van der Waals surface area contributed by atoms with Crippen molar-refractivity contribution >= 4 is 29.2 Å². The Balaban J connectivity index is 2.56. The number of allylic oxidation sites excluding steroid dienone is 1. The van der Waals surface area contributed by atoms with Gasteiger partial charge in [-0.25, -0.2) is 0 Å². The molecule has 0 saturated carbocycles. The zero-order valence-corrected chi connectivity index (χ0v) is 9.02. The van der Waals surface area contributed by atoms with Crippen molar-refractivity contribution in [3.63, 3.8) is 0 Å². The van der Waals surface area contributed by atoms with Crippen molar-refractivity contribution in [2.24, 2.45) is 0 Å². The Morgan fingerprint density at radius 3 is 3.08 bits per heavy atom. The van der Waals surface area contributed by atoms with Crippen molar-refractivity contribution in [2.75, 3.05) is 6.26 Å². The fourth-order valence-electron chi connectivity index (χ4n) is 1.63. The summed E-state index contributed by atoms with van der Waals surface area (Å²) in [5, 5.41) is 0. The van der Waals surface area contributed by atoms with Crippen LogP contribution in [0.25, 0.3) is 6.08 Å². The number of fused-ring (bicyclic) bond motifs is 1. The molecule has 12 heavy (non-hydrogen) atoms. The summed E-state index contributed by atoms with van der Waals surface area (Å²) in [4.78, 5) is 1.51. The van der Waals surface area contributed by atoms with Gasteiger partial charge in [0, 0.05) is 10.4 Å². The highest BCUT2D eigenvalue weighted by molar-refractivity contribution is 8.00. The van der Waals surface area contributed by atoms with E-state index in [-0.39, 0.29) is 0 Å². The summed E-state index contributed by atoms with van der Waals surface area (Å²) >= 11 is 3.81. The van der Waals surface area contributed by atoms with Gasteiger partial charge < -0.3 is 0 Å². The van der Waals surface area contributed by atoms with Crippen LogP contribution in [0.1, 0.15) is 22.4 Å². The van der Waals surface area contributed by atoms with E-state index in [0.717, 1.165) is 0 Å². The van der Waals surface area contributed by atoms with Crippen molar-refractivity contribution < 1.29 is 0 Å². The summed E-state index contributed by atoms with van der Waals surface area (Å²) in [5.41, 5.74) is 3.09. The predicted octanol–water partition coefficient (Wildman–Crippen LogP) is 3.74.